The van der Waals surface area contributed by atoms with E-state index < -0.39 is 23.8 Å². The van der Waals surface area contributed by atoms with Crippen molar-refractivity contribution in [2.45, 2.75) is 19.5 Å². The maximum absolute atomic E-state index is 13.5. The summed E-state index contributed by atoms with van der Waals surface area (Å²) in [4.78, 5) is 16.5. The quantitative estimate of drug-likeness (QED) is 0.473. The molecule has 0 atom stereocenters. The molecule has 0 aliphatic carbocycles. The summed E-state index contributed by atoms with van der Waals surface area (Å²) in [7, 11) is 1.52. The molecule has 0 unspecified atom stereocenters. The van der Waals surface area contributed by atoms with Crippen molar-refractivity contribution in [1.82, 2.24) is 10.3 Å². The summed E-state index contributed by atoms with van der Waals surface area (Å²) >= 11 is 0. The third kappa shape index (κ3) is 6.81. The molecule has 0 spiro atoms. The summed E-state index contributed by atoms with van der Waals surface area (Å²) < 4.78 is 64.6. The minimum Gasteiger partial charge on any atom is -0.457 e. The Balaban J connectivity index is 1.60. The van der Waals surface area contributed by atoms with Gasteiger partial charge in [-0.05, 0) is 42.0 Å². The number of rotatable bonds is 8. The van der Waals surface area contributed by atoms with E-state index in [1.807, 2.05) is 0 Å². The highest BCUT2D eigenvalue weighted by molar-refractivity contribution is 5.98. The minimum absolute atomic E-state index is 0.0448. The summed E-state index contributed by atoms with van der Waals surface area (Å²) in [6.45, 7) is 0.452. The van der Waals surface area contributed by atoms with Crippen molar-refractivity contribution < 1.29 is 36.6 Å². The van der Waals surface area contributed by atoms with E-state index in [-0.39, 0.29) is 36.0 Å². The van der Waals surface area contributed by atoms with Gasteiger partial charge in [-0.2, -0.15) is 0 Å². The number of carbonyl (C=O) groups is 1. The Labute approximate surface area is 186 Å². The van der Waals surface area contributed by atoms with Gasteiger partial charge < -0.3 is 25.3 Å². The van der Waals surface area contributed by atoms with Gasteiger partial charge in [0.2, 0.25) is 0 Å². The maximum atomic E-state index is 13.5. The number of amides is 1. The molecule has 11 heteroatoms. The van der Waals surface area contributed by atoms with Crippen LogP contribution in [0.2, 0.25) is 0 Å². The first-order chi connectivity index (χ1) is 15.6. The van der Waals surface area contributed by atoms with E-state index >= 15 is 0 Å². The van der Waals surface area contributed by atoms with Crippen LogP contribution in [0, 0.1) is 5.82 Å². The standard InChI is InChI=1S/C22H19F4N3O4/c1-31-12-14-4-8-17(20(27)29-14)21(30)28-11-13-2-5-15(6-3-13)32-16-7-9-18(23)19(10-16)33-22(24,25)26/h2-10H,11-12H2,1H3,(H2,27,29)(H,28,30). The van der Waals surface area contributed by atoms with Crippen LogP contribution in [-0.4, -0.2) is 24.4 Å². The van der Waals surface area contributed by atoms with Crippen LogP contribution in [0.25, 0.3) is 0 Å². The van der Waals surface area contributed by atoms with Gasteiger partial charge >= 0.3 is 6.36 Å². The van der Waals surface area contributed by atoms with E-state index in [0.29, 0.717) is 5.69 Å². The molecule has 1 heterocycles. The molecule has 0 aliphatic rings. The molecule has 7 nitrogen and oxygen atoms in total. The minimum atomic E-state index is -5.03. The highest BCUT2D eigenvalue weighted by atomic mass is 19.4. The molecule has 174 valence electrons. The number of nitrogen functional groups attached to an aromatic ring is 1. The number of hydrogen-bond donors (Lipinski definition) is 2. The van der Waals surface area contributed by atoms with Crippen molar-refractivity contribution in [3.05, 3.63) is 77.2 Å². The van der Waals surface area contributed by atoms with Gasteiger partial charge in [0.25, 0.3) is 5.91 Å². The number of anilines is 1. The first kappa shape index (κ1) is 23.8. The second kappa shape index (κ2) is 10.2. The smallest absolute Gasteiger partial charge is 0.457 e. The fourth-order valence-electron chi connectivity index (χ4n) is 2.78. The number of alkyl halides is 3. The third-order valence-electron chi connectivity index (χ3n) is 4.26. The predicted molar refractivity (Wildman–Crippen MR) is 110 cm³/mol. The Bertz CT molecular complexity index is 1120. The maximum Gasteiger partial charge on any atom is 0.573 e. The van der Waals surface area contributed by atoms with Gasteiger partial charge in [0, 0.05) is 19.7 Å². The number of nitrogens with two attached hydrogens (primary N) is 1. The molecular weight excluding hydrogens is 446 g/mol. The van der Waals surface area contributed by atoms with Gasteiger partial charge in [-0.3, -0.25) is 4.79 Å². The van der Waals surface area contributed by atoms with E-state index in [0.717, 1.165) is 17.7 Å². The Hall–Kier alpha value is -3.86. The monoisotopic (exact) mass is 465 g/mol. The van der Waals surface area contributed by atoms with Crippen LogP contribution in [0.15, 0.2) is 54.6 Å². The number of methoxy groups -OCH3 is 1. The number of aromatic nitrogens is 1. The van der Waals surface area contributed by atoms with E-state index in [9.17, 15) is 22.4 Å². The van der Waals surface area contributed by atoms with Crippen LogP contribution in [0.5, 0.6) is 17.2 Å². The Morgan fingerprint density at radius 2 is 1.76 bits per heavy atom. The summed E-state index contributed by atoms with van der Waals surface area (Å²) in [6, 6.07) is 12.4. The van der Waals surface area contributed by atoms with Crippen molar-refractivity contribution in [3.63, 3.8) is 0 Å². The summed E-state index contributed by atoms with van der Waals surface area (Å²) in [5.74, 6) is -2.25. The lowest BCUT2D eigenvalue weighted by Gasteiger charge is -2.12. The van der Waals surface area contributed by atoms with Gasteiger partial charge in [-0.25, -0.2) is 9.37 Å². The highest BCUT2D eigenvalue weighted by Gasteiger charge is 2.32. The van der Waals surface area contributed by atoms with Crippen LogP contribution in [0.4, 0.5) is 23.4 Å². The molecule has 0 saturated carbocycles. The molecule has 3 rings (SSSR count). The SMILES string of the molecule is COCc1ccc(C(=O)NCc2ccc(Oc3ccc(F)c(OC(F)(F)F)c3)cc2)c(N)n1. The molecule has 33 heavy (non-hydrogen) atoms. The topological polar surface area (TPSA) is 95.7 Å². The van der Waals surface area contributed by atoms with Crippen LogP contribution in [0.1, 0.15) is 21.6 Å². The summed E-state index contributed by atoms with van der Waals surface area (Å²) in [5.41, 5.74) is 7.37. The molecule has 2 aromatic carbocycles. The molecule has 3 N–H and O–H groups in total. The molecule has 0 fully saturated rings. The molecule has 0 bridgehead atoms. The van der Waals surface area contributed by atoms with Crippen LogP contribution in [0.3, 0.4) is 0 Å². The number of nitrogens with zero attached hydrogens (tertiary/aromatic N) is 1. The van der Waals surface area contributed by atoms with E-state index in [4.69, 9.17) is 15.2 Å². The van der Waals surface area contributed by atoms with Crippen molar-refractivity contribution >= 4 is 11.7 Å². The predicted octanol–water partition coefficient (Wildman–Crippen LogP) is 4.57. The van der Waals surface area contributed by atoms with E-state index in [2.05, 4.69) is 15.0 Å². The normalized spacial score (nSPS) is 11.2. The number of hydrogen-bond acceptors (Lipinski definition) is 6. The number of pyridine rings is 1. The lowest BCUT2D eigenvalue weighted by Crippen LogP contribution is -2.24. The van der Waals surface area contributed by atoms with Crippen LogP contribution >= 0.6 is 0 Å². The molecule has 0 saturated heterocycles. The van der Waals surface area contributed by atoms with Gasteiger partial charge in [0.05, 0.1) is 17.9 Å². The largest absolute Gasteiger partial charge is 0.573 e. The second-order valence-corrected chi connectivity index (χ2v) is 6.74. The average molecular weight is 465 g/mol. The molecular formula is C22H19F4N3O4. The lowest BCUT2D eigenvalue weighted by atomic mass is 10.2. The Morgan fingerprint density at radius 3 is 2.39 bits per heavy atom. The van der Waals surface area contributed by atoms with Crippen LogP contribution < -0.4 is 20.5 Å². The Kier molecular flexibility index (Phi) is 7.34. The van der Waals surface area contributed by atoms with Gasteiger partial charge in [0.1, 0.15) is 17.3 Å². The Morgan fingerprint density at radius 1 is 1.06 bits per heavy atom. The van der Waals surface area contributed by atoms with Crippen molar-refractivity contribution in [1.29, 1.82) is 0 Å². The molecule has 3 aromatic rings. The van der Waals surface area contributed by atoms with E-state index in [1.165, 1.54) is 13.2 Å². The van der Waals surface area contributed by atoms with Gasteiger partial charge in [0.15, 0.2) is 11.6 Å². The summed E-state index contributed by atoms with van der Waals surface area (Å²) in [6.07, 6.45) is -5.03. The zero-order valence-electron chi connectivity index (χ0n) is 17.3. The van der Waals surface area contributed by atoms with Gasteiger partial charge in [-0.1, -0.05) is 12.1 Å². The average Bonchev–Trinajstić information content (AvgIpc) is 2.75. The van der Waals surface area contributed by atoms with E-state index in [1.54, 1.807) is 36.4 Å². The third-order valence-corrected chi connectivity index (χ3v) is 4.26. The van der Waals surface area contributed by atoms with Crippen molar-refractivity contribution in [3.8, 4) is 17.2 Å². The zero-order chi connectivity index (χ0) is 24.0. The lowest BCUT2D eigenvalue weighted by molar-refractivity contribution is -0.275. The second-order valence-electron chi connectivity index (χ2n) is 6.74. The van der Waals surface area contributed by atoms with Crippen LogP contribution in [-0.2, 0) is 17.9 Å². The van der Waals surface area contributed by atoms with Gasteiger partial charge in [-0.15, -0.1) is 13.2 Å². The number of nitrogens with one attached hydrogen (secondary N) is 1. The molecule has 1 amide bonds. The highest BCUT2D eigenvalue weighted by Crippen LogP contribution is 2.31. The number of halogens is 4. The first-order valence-electron chi connectivity index (χ1n) is 9.49. The molecule has 0 radical (unpaired) electrons. The molecule has 1 aromatic heterocycles. The fourth-order valence-corrected chi connectivity index (χ4v) is 2.78. The number of carbonyl (C=O) groups excluding carboxylic acids is 1. The zero-order valence-corrected chi connectivity index (χ0v) is 17.3. The number of ether oxygens (including phenoxy) is 3. The number of benzene rings is 2. The van der Waals surface area contributed by atoms with Crippen molar-refractivity contribution in [2.24, 2.45) is 0 Å². The summed E-state index contributed by atoms with van der Waals surface area (Å²) in [5, 5.41) is 2.72. The fraction of sp³-hybridized carbons (Fsp3) is 0.182. The van der Waals surface area contributed by atoms with Crippen molar-refractivity contribution in [2.75, 3.05) is 12.8 Å². The first-order valence-corrected chi connectivity index (χ1v) is 9.49. The molecule has 0 aliphatic heterocycles.